The molecule has 2 aromatic rings. The number of rotatable bonds is 3. The number of fused-ring (bicyclic) bond motifs is 2. The number of carbonyl (C=O) groups is 1. The summed E-state index contributed by atoms with van der Waals surface area (Å²) in [5.41, 5.74) is -0.686. The third-order valence-corrected chi connectivity index (χ3v) is 7.00. The number of anilines is 1. The van der Waals surface area contributed by atoms with Crippen LogP contribution in [-0.4, -0.2) is 56.7 Å². The molecule has 1 saturated carbocycles. The number of hydrogen-bond acceptors (Lipinski definition) is 5. The topological polar surface area (TPSA) is 78.4 Å². The maximum absolute atomic E-state index is 14.9. The van der Waals surface area contributed by atoms with Gasteiger partial charge in [0, 0.05) is 25.3 Å². The maximum atomic E-state index is 14.9. The molecule has 7 nitrogen and oxygen atoms in total. The second-order valence-corrected chi connectivity index (χ2v) is 8.44. The Balaban J connectivity index is 1.67. The van der Waals surface area contributed by atoms with E-state index in [-0.39, 0.29) is 33.9 Å². The summed E-state index contributed by atoms with van der Waals surface area (Å²) in [6.07, 6.45) is 3.16. The van der Waals surface area contributed by atoms with Crippen LogP contribution >= 0.6 is 0 Å². The molecule has 2 unspecified atom stereocenters. The van der Waals surface area contributed by atoms with Crippen LogP contribution in [0.4, 0.5) is 10.2 Å². The lowest BCUT2D eigenvalue weighted by Gasteiger charge is -2.25. The van der Waals surface area contributed by atoms with Gasteiger partial charge >= 0.3 is 5.97 Å². The van der Waals surface area contributed by atoms with E-state index < -0.39 is 17.2 Å². The summed E-state index contributed by atoms with van der Waals surface area (Å²) in [5, 5.41) is 9.35. The number of pyridine rings is 2. The first-order chi connectivity index (χ1) is 12.7. The van der Waals surface area contributed by atoms with Gasteiger partial charge in [0.15, 0.2) is 11.6 Å². The fraction of sp³-hybridized carbons (Fsp3) is 0.526. The molecule has 3 aliphatic rings. The normalized spacial score (nSPS) is 32.0. The van der Waals surface area contributed by atoms with Gasteiger partial charge in [-0.05, 0) is 39.8 Å². The van der Waals surface area contributed by atoms with Crippen LogP contribution in [-0.2, 0) is 0 Å². The maximum Gasteiger partial charge on any atom is 0.341 e. The zero-order valence-electron chi connectivity index (χ0n) is 15.5. The van der Waals surface area contributed by atoms with E-state index in [9.17, 15) is 19.1 Å². The summed E-state index contributed by atoms with van der Waals surface area (Å²) < 4.78 is 16.6. The molecule has 2 atom stereocenters. The van der Waals surface area contributed by atoms with E-state index in [0.29, 0.717) is 18.7 Å². The number of aromatic carboxylic acids is 1. The van der Waals surface area contributed by atoms with Crippen molar-refractivity contribution in [1.82, 2.24) is 14.5 Å². The highest BCUT2D eigenvalue weighted by Gasteiger charge is 2.72. The molecule has 2 aliphatic heterocycles. The van der Waals surface area contributed by atoms with E-state index >= 15 is 0 Å². The number of carboxylic acid groups (broad SMARTS) is 1. The average Bonchev–Trinajstić information content (AvgIpc) is 3.48. The van der Waals surface area contributed by atoms with E-state index in [2.05, 4.69) is 30.8 Å². The molecule has 0 bridgehead atoms. The van der Waals surface area contributed by atoms with Crippen molar-refractivity contribution in [2.45, 2.75) is 43.8 Å². The molecule has 0 aromatic carbocycles. The molecule has 2 saturated heterocycles. The van der Waals surface area contributed by atoms with Gasteiger partial charge in [-0.1, -0.05) is 0 Å². The summed E-state index contributed by atoms with van der Waals surface area (Å²) in [6.45, 7) is 5.64. The Morgan fingerprint density at radius 3 is 2.48 bits per heavy atom. The lowest BCUT2D eigenvalue weighted by atomic mass is 10.0. The van der Waals surface area contributed by atoms with Gasteiger partial charge in [0.25, 0.3) is 0 Å². The summed E-state index contributed by atoms with van der Waals surface area (Å²) in [4.78, 5) is 32.7. The number of piperazine rings is 1. The van der Waals surface area contributed by atoms with Crippen molar-refractivity contribution in [3.05, 3.63) is 33.9 Å². The van der Waals surface area contributed by atoms with E-state index in [4.69, 9.17) is 0 Å². The van der Waals surface area contributed by atoms with Crippen molar-refractivity contribution in [2.24, 2.45) is 0 Å². The smallest absolute Gasteiger partial charge is 0.341 e. The molecule has 2 aromatic heterocycles. The number of halogens is 1. The van der Waals surface area contributed by atoms with Gasteiger partial charge in [-0.2, -0.15) is 0 Å². The molecular weight excluding hydrogens is 351 g/mol. The van der Waals surface area contributed by atoms with Crippen molar-refractivity contribution >= 4 is 22.8 Å². The molecule has 0 amide bonds. The quantitative estimate of drug-likeness (QED) is 0.829. The molecule has 27 heavy (non-hydrogen) atoms. The van der Waals surface area contributed by atoms with Crippen LogP contribution in [0.15, 0.2) is 17.1 Å². The molecule has 142 valence electrons. The van der Waals surface area contributed by atoms with Crippen LogP contribution < -0.4 is 10.3 Å². The number of nitrogens with zero attached hydrogens (tertiary/aromatic N) is 4. The Morgan fingerprint density at radius 2 is 1.93 bits per heavy atom. The van der Waals surface area contributed by atoms with Gasteiger partial charge in [0.05, 0.1) is 16.5 Å². The first-order valence-corrected chi connectivity index (χ1v) is 9.15. The second kappa shape index (κ2) is 4.86. The third kappa shape index (κ3) is 2.02. The van der Waals surface area contributed by atoms with Gasteiger partial charge in [-0.25, -0.2) is 14.2 Å². The van der Waals surface area contributed by atoms with E-state index in [1.54, 1.807) is 4.57 Å². The predicted molar refractivity (Wildman–Crippen MR) is 98.0 cm³/mol. The van der Waals surface area contributed by atoms with Gasteiger partial charge in [-0.3, -0.25) is 9.69 Å². The Bertz CT molecular complexity index is 1060. The largest absolute Gasteiger partial charge is 0.477 e. The van der Waals surface area contributed by atoms with Gasteiger partial charge in [0.2, 0.25) is 5.43 Å². The van der Waals surface area contributed by atoms with Crippen molar-refractivity contribution in [1.29, 1.82) is 0 Å². The molecule has 5 rings (SSSR count). The van der Waals surface area contributed by atoms with Gasteiger partial charge in [0.1, 0.15) is 11.2 Å². The van der Waals surface area contributed by atoms with Crippen LogP contribution in [0.3, 0.4) is 0 Å². The minimum Gasteiger partial charge on any atom is -0.477 e. The zero-order valence-corrected chi connectivity index (χ0v) is 15.5. The Labute approximate surface area is 155 Å². The minimum absolute atomic E-state index is 0.0145. The second-order valence-electron chi connectivity index (χ2n) is 8.44. The van der Waals surface area contributed by atoms with Gasteiger partial charge < -0.3 is 14.6 Å². The van der Waals surface area contributed by atoms with Crippen LogP contribution in [0.5, 0.6) is 0 Å². The Kier molecular flexibility index (Phi) is 3.00. The summed E-state index contributed by atoms with van der Waals surface area (Å²) >= 11 is 0. The van der Waals surface area contributed by atoms with E-state index in [0.717, 1.165) is 18.9 Å². The first-order valence-electron chi connectivity index (χ1n) is 9.15. The number of likely N-dealkylation sites (N-methyl/N-ethyl adjacent to an activating group) is 1. The van der Waals surface area contributed by atoms with Crippen LogP contribution in [0.1, 0.15) is 43.1 Å². The molecule has 8 heteroatoms. The highest BCUT2D eigenvalue weighted by atomic mass is 19.1. The Hall–Kier alpha value is -2.48. The summed E-state index contributed by atoms with van der Waals surface area (Å²) in [5.74, 6) is -1.65. The van der Waals surface area contributed by atoms with Crippen molar-refractivity contribution < 1.29 is 14.3 Å². The predicted octanol–water partition coefficient (Wildman–Crippen LogP) is 1.85. The first kappa shape index (κ1) is 16.7. The monoisotopic (exact) mass is 372 g/mol. The van der Waals surface area contributed by atoms with Crippen molar-refractivity contribution in [2.75, 3.05) is 25.0 Å². The number of carboxylic acids is 1. The van der Waals surface area contributed by atoms with Crippen molar-refractivity contribution in [3.8, 4) is 0 Å². The van der Waals surface area contributed by atoms with Crippen LogP contribution in [0, 0.1) is 5.82 Å². The fourth-order valence-electron chi connectivity index (χ4n) is 4.69. The molecule has 4 heterocycles. The molecule has 1 aliphatic carbocycles. The lowest BCUT2D eigenvalue weighted by molar-refractivity contribution is 0.0695. The highest BCUT2D eigenvalue weighted by Crippen LogP contribution is 2.55. The SMILES string of the molecule is CN1C2(C)CN(c3nc4c(cc3F)c(=O)c(C(=O)O)cn4C3CC3)CC12C. The molecule has 0 radical (unpaired) electrons. The van der Waals surface area contributed by atoms with Gasteiger partial charge in [-0.15, -0.1) is 0 Å². The number of hydrogen-bond donors (Lipinski definition) is 1. The van der Waals surface area contributed by atoms with Crippen molar-refractivity contribution in [3.63, 3.8) is 0 Å². The van der Waals surface area contributed by atoms with Crippen LogP contribution in [0.25, 0.3) is 11.0 Å². The average molecular weight is 372 g/mol. The summed E-state index contributed by atoms with van der Waals surface area (Å²) in [6, 6.07) is 1.27. The summed E-state index contributed by atoms with van der Waals surface area (Å²) in [7, 11) is 2.07. The zero-order chi connectivity index (χ0) is 19.3. The molecular formula is C19H21FN4O3. The van der Waals surface area contributed by atoms with E-state index in [1.165, 1.54) is 6.20 Å². The molecule has 1 N–H and O–H groups in total. The minimum atomic E-state index is -1.30. The van der Waals surface area contributed by atoms with Crippen LogP contribution in [0.2, 0.25) is 0 Å². The highest BCUT2D eigenvalue weighted by molar-refractivity contribution is 5.92. The molecule has 0 spiro atoms. The molecule has 3 fully saturated rings. The standard InChI is InChI=1S/C19H21FN4O3/c1-18-8-23(9-19(18,2)22(18)3)16-13(20)6-11-14(25)12(17(26)27)7-24(10-4-5-10)15(11)21-16/h6-7,10H,4-5,8-9H2,1-3H3,(H,26,27). The third-order valence-electron chi connectivity index (χ3n) is 7.00. The number of aromatic nitrogens is 2. The fourth-order valence-corrected chi connectivity index (χ4v) is 4.69. The Morgan fingerprint density at radius 1 is 1.30 bits per heavy atom. The van der Waals surface area contributed by atoms with E-state index in [1.807, 2.05) is 4.90 Å². The lowest BCUT2D eigenvalue weighted by Crippen LogP contribution is -2.34.